The number of anilines is 1. The topological polar surface area (TPSA) is 49.4 Å². The van der Waals surface area contributed by atoms with Gasteiger partial charge in [0.1, 0.15) is 5.00 Å². The van der Waals surface area contributed by atoms with Gasteiger partial charge in [0.05, 0.1) is 5.56 Å². The van der Waals surface area contributed by atoms with E-state index in [0.717, 1.165) is 42.4 Å². The molecule has 1 N–H and O–H groups in total. The van der Waals surface area contributed by atoms with E-state index in [2.05, 4.69) is 5.32 Å². The number of carbonyl (C=O) groups is 2. The Bertz CT molecular complexity index is 1260. The summed E-state index contributed by atoms with van der Waals surface area (Å²) in [4.78, 5) is 30.4. The molecule has 0 aliphatic heterocycles. The van der Waals surface area contributed by atoms with E-state index in [0.29, 0.717) is 29.2 Å². The first-order valence-corrected chi connectivity index (χ1v) is 12.9. The smallest absolute Gasteiger partial charge is 0.257 e. The summed E-state index contributed by atoms with van der Waals surface area (Å²) in [5, 5.41) is 3.75. The molecule has 0 unspecified atom stereocenters. The van der Waals surface area contributed by atoms with E-state index in [1.165, 1.54) is 4.88 Å². The maximum Gasteiger partial charge on any atom is 0.257 e. The number of benzene rings is 3. The fourth-order valence-corrected chi connectivity index (χ4v) is 5.89. The summed E-state index contributed by atoms with van der Waals surface area (Å²) in [5.41, 5.74) is 4.52. The third-order valence-corrected chi connectivity index (χ3v) is 7.58. The molecule has 4 nitrogen and oxygen atoms in total. The molecule has 0 bridgehead atoms. The molecule has 0 spiro atoms. The Morgan fingerprint density at radius 1 is 0.743 bits per heavy atom. The van der Waals surface area contributed by atoms with Gasteiger partial charge in [0, 0.05) is 23.5 Å². The first kappa shape index (κ1) is 23.1. The predicted octanol–water partition coefficient (Wildman–Crippen LogP) is 6.72. The molecule has 0 atom stereocenters. The Balaban J connectivity index is 1.51. The molecule has 0 radical (unpaired) electrons. The monoisotopic (exact) mass is 480 g/mol. The summed E-state index contributed by atoms with van der Waals surface area (Å²) in [5.74, 6) is -0.212. The number of nitrogens with zero attached hydrogens (tertiary/aromatic N) is 1. The van der Waals surface area contributed by atoms with Gasteiger partial charge in [-0.25, -0.2) is 0 Å². The number of nitrogens with one attached hydrogen (secondary N) is 1. The minimum Gasteiger partial charge on any atom is -0.330 e. The van der Waals surface area contributed by atoms with Crippen LogP contribution in [0.4, 0.5) is 5.00 Å². The summed E-state index contributed by atoms with van der Waals surface area (Å²) < 4.78 is 0. The number of hydrogen-bond acceptors (Lipinski definition) is 3. The van der Waals surface area contributed by atoms with Gasteiger partial charge in [0.25, 0.3) is 11.8 Å². The van der Waals surface area contributed by atoms with Crippen molar-refractivity contribution in [2.75, 3.05) is 5.32 Å². The zero-order chi connectivity index (χ0) is 24.0. The van der Waals surface area contributed by atoms with Crippen molar-refractivity contribution in [3.8, 4) is 0 Å². The van der Waals surface area contributed by atoms with Gasteiger partial charge in [-0.05, 0) is 54.5 Å². The zero-order valence-electron chi connectivity index (χ0n) is 19.6. The summed E-state index contributed by atoms with van der Waals surface area (Å²) in [7, 11) is 0. The zero-order valence-corrected chi connectivity index (χ0v) is 20.4. The third-order valence-electron chi connectivity index (χ3n) is 6.37. The maximum absolute atomic E-state index is 14.2. The van der Waals surface area contributed by atoms with Crippen LogP contribution in [0.1, 0.15) is 55.1 Å². The Kier molecular flexibility index (Phi) is 7.05. The number of amides is 2. The number of hydrogen-bond donors (Lipinski definition) is 1. The van der Waals surface area contributed by atoms with E-state index in [-0.39, 0.29) is 11.8 Å². The lowest BCUT2D eigenvalue weighted by molar-refractivity contribution is 0.0730. The lowest BCUT2D eigenvalue weighted by Gasteiger charge is -2.25. The number of aryl methyl sites for hydroxylation is 1. The second-order valence-corrected chi connectivity index (χ2v) is 9.97. The maximum atomic E-state index is 14.2. The molecule has 35 heavy (non-hydrogen) atoms. The second-order valence-electron chi connectivity index (χ2n) is 8.87. The van der Waals surface area contributed by atoms with E-state index in [4.69, 9.17) is 0 Å². The van der Waals surface area contributed by atoms with Crippen LogP contribution in [0, 0.1) is 0 Å². The molecule has 1 heterocycles. The minimum atomic E-state index is -0.184. The third kappa shape index (κ3) is 5.36. The molecule has 0 saturated heterocycles. The molecule has 1 aromatic heterocycles. The number of fused-ring (bicyclic) bond motifs is 1. The lowest BCUT2D eigenvalue weighted by Crippen LogP contribution is -2.31. The van der Waals surface area contributed by atoms with Gasteiger partial charge < -0.3 is 10.2 Å². The standard InChI is InChI=1S/C30H28N2O2S/c33-28(24-16-8-3-9-17-24)31-29-27(25-18-10-11-19-26(25)35-29)30(34)32(20-22-12-4-1-5-13-22)21-23-14-6-2-7-15-23/h1-9,12-17H,10-11,18-21H2,(H,31,33). The van der Waals surface area contributed by atoms with Crippen LogP contribution < -0.4 is 5.32 Å². The predicted molar refractivity (Wildman–Crippen MR) is 142 cm³/mol. The van der Waals surface area contributed by atoms with E-state index < -0.39 is 0 Å². The highest BCUT2D eigenvalue weighted by molar-refractivity contribution is 7.17. The van der Waals surface area contributed by atoms with Crippen LogP contribution in [0.2, 0.25) is 0 Å². The van der Waals surface area contributed by atoms with Gasteiger partial charge in [-0.1, -0.05) is 78.9 Å². The average Bonchev–Trinajstić information content (AvgIpc) is 3.27. The van der Waals surface area contributed by atoms with E-state index in [1.54, 1.807) is 23.5 Å². The second kappa shape index (κ2) is 10.7. The van der Waals surface area contributed by atoms with Crippen molar-refractivity contribution < 1.29 is 9.59 Å². The summed E-state index contributed by atoms with van der Waals surface area (Å²) in [6.45, 7) is 1.01. The Labute approximate surface area is 210 Å². The van der Waals surface area contributed by atoms with Crippen LogP contribution >= 0.6 is 11.3 Å². The van der Waals surface area contributed by atoms with Crippen molar-refractivity contribution in [2.24, 2.45) is 0 Å². The fourth-order valence-electron chi connectivity index (χ4n) is 4.61. The van der Waals surface area contributed by atoms with Crippen LogP contribution in [0.15, 0.2) is 91.0 Å². The lowest BCUT2D eigenvalue weighted by atomic mass is 9.94. The summed E-state index contributed by atoms with van der Waals surface area (Å²) >= 11 is 1.56. The molecule has 3 aromatic carbocycles. The van der Waals surface area contributed by atoms with Crippen LogP contribution in [0.5, 0.6) is 0 Å². The van der Waals surface area contributed by atoms with Crippen molar-refractivity contribution in [3.05, 3.63) is 124 Å². The minimum absolute atomic E-state index is 0.0273. The van der Waals surface area contributed by atoms with Gasteiger partial charge in [0.15, 0.2) is 0 Å². The molecule has 4 aromatic rings. The molecule has 5 heteroatoms. The van der Waals surface area contributed by atoms with Gasteiger partial charge >= 0.3 is 0 Å². The quantitative estimate of drug-likeness (QED) is 0.319. The Morgan fingerprint density at radius 3 is 1.89 bits per heavy atom. The molecule has 1 aliphatic rings. The molecular formula is C30H28N2O2S. The molecule has 5 rings (SSSR count). The van der Waals surface area contributed by atoms with Crippen molar-refractivity contribution in [2.45, 2.75) is 38.8 Å². The Hall–Kier alpha value is -3.70. The number of carbonyl (C=O) groups excluding carboxylic acids is 2. The molecule has 0 fully saturated rings. The van der Waals surface area contributed by atoms with Crippen molar-refractivity contribution >= 4 is 28.2 Å². The van der Waals surface area contributed by atoms with Crippen molar-refractivity contribution in [1.82, 2.24) is 4.90 Å². The van der Waals surface area contributed by atoms with Crippen LogP contribution in [-0.4, -0.2) is 16.7 Å². The van der Waals surface area contributed by atoms with Crippen molar-refractivity contribution in [3.63, 3.8) is 0 Å². The largest absolute Gasteiger partial charge is 0.330 e. The number of rotatable bonds is 7. The fraction of sp³-hybridized carbons (Fsp3) is 0.200. The molecule has 0 saturated carbocycles. The van der Waals surface area contributed by atoms with E-state index in [9.17, 15) is 9.59 Å². The highest BCUT2D eigenvalue weighted by Gasteiger charge is 2.29. The van der Waals surface area contributed by atoms with Crippen LogP contribution in [-0.2, 0) is 25.9 Å². The SMILES string of the molecule is O=C(Nc1sc2c(c1C(=O)N(Cc1ccccc1)Cc1ccccc1)CCCC2)c1ccccc1. The van der Waals surface area contributed by atoms with E-state index in [1.807, 2.05) is 83.8 Å². The number of thiophene rings is 1. The van der Waals surface area contributed by atoms with Crippen molar-refractivity contribution in [1.29, 1.82) is 0 Å². The van der Waals surface area contributed by atoms with Crippen LogP contribution in [0.3, 0.4) is 0 Å². The molecule has 2 amide bonds. The van der Waals surface area contributed by atoms with Gasteiger partial charge in [-0.2, -0.15) is 0 Å². The average molecular weight is 481 g/mol. The van der Waals surface area contributed by atoms with E-state index >= 15 is 0 Å². The molecule has 176 valence electrons. The first-order valence-electron chi connectivity index (χ1n) is 12.1. The summed E-state index contributed by atoms with van der Waals surface area (Å²) in [6, 6.07) is 29.3. The Morgan fingerprint density at radius 2 is 1.29 bits per heavy atom. The van der Waals surface area contributed by atoms with Gasteiger partial charge in [-0.15, -0.1) is 11.3 Å². The molecular weight excluding hydrogens is 452 g/mol. The van der Waals surface area contributed by atoms with Gasteiger partial charge in [0.2, 0.25) is 0 Å². The highest BCUT2D eigenvalue weighted by Crippen LogP contribution is 2.39. The normalized spacial score (nSPS) is 12.6. The highest BCUT2D eigenvalue weighted by atomic mass is 32.1. The van der Waals surface area contributed by atoms with Gasteiger partial charge in [-0.3, -0.25) is 9.59 Å². The first-order chi connectivity index (χ1) is 17.2. The summed E-state index contributed by atoms with van der Waals surface area (Å²) in [6.07, 6.45) is 4.01. The molecule has 1 aliphatic carbocycles. The van der Waals surface area contributed by atoms with Crippen LogP contribution in [0.25, 0.3) is 0 Å².